The highest BCUT2D eigenvalue weighted by molar-refractivity contribution is 6.30. The molecule has 2 rings (SSSR count). The van der Waals surface area contributed by atoms with Crippen LogP contribution in [-0.4, -0.2) is 16.1 Å². The first-order chi connectivity index (χ1) is 9.61. The van der Waals surface area contributed by atoms with Gasteiger partial charge in [-0.25, -0.2) is 4.98 Å². The smallest absolute Gasteiger partial charge is 0.315 e. The topological polar surface area (TPSA) is 63.3 Å². The first kappa shape index (κ1) is 14.6. The fourth-order valence-corrected chi connectivity index (χ4v) is 2.40. The third kappa shape index (κ3) is 3.39. The average Bonchev–Trinajstić information content (AvgIpc) is 2.95. The molecule has 0 bridgehead atoms. The summed E-state index contributed by atoms with van der Waals surface area (Å²) in [5.74, 6) is -1.27. The SMILES string of the molecule is CCC(CC(C(=O)O)c1ncco1)c1ccc(Cl)cc1. The Hall–Kier alpha value is -1.81. The molecule has 4 nitrogen and oxygen atoms in total. The van der Waals surface area contributed by atoms with Crippen molar-refractivity contribution >= 4 is 17.6 Å². The number of oxazole rings is 1. The second-order valence-electron chi connectivity index (χ2n) is 4.65. The molecule has 0 saturated heterocycles. The molecule has 0 saturated carbocycles. The highest BCUT2D eigenvalue weighted by Gasteiger charge is 2.28. The Morgan fingerprint density at radius 1 is 1.40 bits per heavy atom. The lowest BCUT2D eigenvalue weighted by molar-refractivity contribution is -0.139. The Balaban J connectivity index is 2.19. The van der Waals surface area contributed by atoms with Crippen LogP contribution in [0.15, 0.2) is 41.1 Å². The number of hydrogen-bond acceptors (Lipinski definition) is 3. The molecule has 2 atom stereocenters. The van der Waals surface area contributed by atoms with Gasteiger partial charge in [0.15, 0.2) is 0 Å². The van der Waals surface area contributed by atoms with Crippen LogP contribution in [0.1, 0.15) is 43.1 Å². The number of rotatable bonds is 6. The molecule has 1 aromatic heterocycles. The minimum Gasteiger partial charge on any atom is -0.481 e. The average molecular weight is 294 g/mol. The molecule has 2 aromatic rings. The number of aliphatic carboxylic acids is 1. The van der Waals surface area contributed by atoms with Gasteiger partial charge < -0.3 is 9.52 Å². The molecule has 106 valence electrons. The van der Waals surface area contributed by atoms with Crippen LogP contribution in [0.5, 0.6) is 0 Å². The number of aromatic nitrogens is 1. The van der Waals surface area contributed by atoms with Gasteiger partial charge in [-0.3, -0.25) is 4.79 Å². The molecule has 1 heterocycles. The van der Waals surface area contributed by atoms with Crippen LogP contribution in [-0.2, 0) is 4.79 Å². The van der Waals surface area contributed by atoms with Crippen molar-refractivity contribution < 1.29 is 14.3 Å². The summed E-state index contributed by atoms with van der Waals surface area (Å²) < 4.78 is 5.14. The normalized spacial score (nSPS) is 13.9. The Kier molecular flexibility index (Phi) is 4.79. The molecule has 1 N–H and O–H groups in total. The van der Waals surface area contributed by atoms with E-state index < -0.39 is 11.9 Å². The summed E-state index contributed by atoms with van der Waals surface area (Å²) in [7, 11) is 0. The van der Waals surface area contributed by atoms with E-state index in [1.165, 1.54) is 12.5 Å². The van der Waals surface area contributed by atoms with E-state index in [4.69, 9.17) is 16.0 Å². The molecule has 0 aliphatic rings. The largest absolute Gasteiger partial charge is 0.481 e. The van der Waals surface area contributed by atoms with Crippen molar-refractivity contribution in [1.29, 1.82) is 0 Å². The standard InChI is InChI=1S/C15H16ClNO3/c1-2-10(11-3-5-12(16)6-4-11)9-13(15(18)19)14-17-7-8-20-14/h3-8,10,13H,2,9H2,1H3,(H,18,19). The van der Waals surface area contributed by atoms with Crippen LogP contribution < -0.4 is 0 Å². The lowest BCUT2D eigenvalue weighted by atomic mass is 9.87. The first-order valence-electron chi connectivity index (χ1n) is 6.49. The highest BCUT2D eigenvalue weighted by atomic mass is 35.5. The number of carboxylic acid groups (broad SMARTS) is 1. The lowest BCUT2D eigenvalue weighted by Crippen LogP contribution is -2.15. The highest BCUT2D eigenvalue weighted by Crippen LogP contribution is 2.32. The van der Waals surface area contributed by atoms with Crippen molar-refractivity contribution in [1.82, 2.24) is 4.98 Å². The van der Waals surface area contributed by atoms with Crippen molar-refractivity contribution in [2.75, 3.05) is 0 Å². The Morgan fingerprint density at radius 2 is 2.10 bits per heavy atom. The van der Waals surface area contributed by atoms with Gasteiger partial charge in [0.25, 0.3) is 0 Å². The summed E-state index contributed by atoms with van der Waals surface area (Å²) in [5, 5.41) is 10.0. The molecule has 1 aromatic carbocycles. The molecule has 0 amide bonds. The van der Waals surface area contributed by atoms with Crippen LogP contribution in [0, 0.1) is 0 Å². The van der Waals surface area contributed by atoms with E-state index in [2.05, 4.69) is 4.98 Å². The van der Waals surface area contributed by atoms with Crippen molar-refractivity contribution in [3.05, 3.63) is 53.2 Å². The van der Waals surface area contributed by atoms with Gasteiger partial charge in [0.2, 0.25) is 5.89 Å². The van der Waals surface area contributed by atoms with E-state index in [9.17, 15) is 9.90 Å². The van der Waals surface area contributed by atoms with Crippen LogP contribution >= 0.6 is 11.6 Å². The quantitative estimate of drug-likeness (QED) is 0.871. The van der Waals surface area contributed by atoms with Gasteiger partial charge >= 0.3 is 5.97 Å². The van der Waals surface area contributed by atoms with E-state index in [1.54, 1.807) is 0 Å². The molecular weight excluding hydrogens is 278 g/mol. The Bertz CT molecular complexity index is 551. The second kappa shape index (κ2) is 6.57. The number of benzene rings is 1. The van der Waals surface area contributed by atoms with E-state index in [0.29, 0.717) is 11.4 Å². The summed E-state index contributed by atoms with van der Waals surface area (Å²) in [6, 6.07) is 7.51. The minimum absolute atomic E-state index is 0.125. The number of carboxylic acids is 1. The predicted octanol–water partition coefficient (Wildman–Crippen LogP) is 4.08. The van der Waals surface area contributed by atoms with Crippen LogP contribution in [0.3, 0.4) is 0 Å². The second-order valence-corrected chi connectivity index (χ2v) is 5.09. The van der Waals surface area contributed by atoms with Crippen molar-refractivity contribution in [2.45, 2.75) is 31.6 Å². The maximum Gasteiger partial charge on any atom is 0.315 e. The maximum absolute atomic E-state index is 11.4. The van der Waals surface area contributed by atoms with Crippen LogP contribution in [0.2, 0.25) is 5.02 Å². The van der Waals surface area contributed by atoms with Gasteiger partial charge in [-0.1, -0.05) is 30.7 Å². The molecular formula is C15H16ClNO3. The predicted molar refractivity (Wildman–Crippen MR) is 76.0 cm³/mol. The fraction of sp³-hybridized carbons (Fsp3) is 0.333. The molecule has 0 radical (unpaired) electrons. The third-order valence-electron chi connectivity index (χ3n) is 3.40. The molecule has 2 unspecified atom stereocenters. The zero-order chi connectivity index (χ0) is 14.5. The fourth-order valence-electron chi connectivity index (χ4n) is 2.27. The lowest BCUT2D eigenvalue weighted by Gasteiger charge is -2.18. The zero-order valence-electron chi connectivity index (χ0n) is 11.1. The molecule has 20 heavy (non-hydrogen) atoms. The third-order valence-corrected chi connectivity index (χ3v) is 3.65. The van der Waals surface area contributed by atoms with E-state index in [-0.39, 0.29) is 11.8 Å². The monoisotopic (exact) mass is 293 g/mol. The van der Waals surface area contributed by atoms with Gasteiger partial charge in [0, 0.05) is 5.02 Å². The number of nitrogens with zero attached hydrogens (tertiary/aromatic N) is 1. The minimum atomic E-state index is -0.917. The molecule has 0 aliphatic carbocycles. The Morgan fingerprint density at radius 3 is 2.60 bits per heavy atom. The summed E-state index contributed by atoms with van der Waals surface area (Å²) in [6.45, 7) is 2.04. The van der Waals surface area contributed by atoms with Crippen LogP contribution in [0.25, 0.3) is 0 Å². The van der Waals surface area contributed by atoms with Crippen molar-refractivity contribution in [3.63, 3.8) is 0 Å². The van der Waals surface area contributed by atoms with Gasteiger partial charge in [-0.15, -0.1) is 0 Å². The van der Waals surface area contributed by atoms with Gasteiger partial charge in [0.1, 0.15) is 12.2 Å². The van der Waals surface area contributed by atoms with E-state index >= 15 is 0 Å². The molecule has 5 heteroatoms. The van der Waals surface area contributed by atoms with Crippen molar-refractivity contribution in [2.24, 2.45) is 0 Å². The summed E-state index contributed by atoms with van der Waals surface area (Å²) in [5.41, 5.74) is 1.08. The summed E-state index contributed by atoms with van der Waals surface area (Å²) in [6.07, 6.45) is 4.16. The maximum atomic E-state index is 11.4. The Labute approximate surface area is 122 Å². The zero-order valence-corrected chi connectivity index (χ0v) is 11.9. The van der Waals surface area contributed by atoms with Gasteiger partial charge in [-0.05, 0) is 36.5 Å². The van der Waals surface area contributed by atoms with E-state index in [1.807, 2.05) is 31.2 Å². The van der Waals surface area contributed by atoms with E-state index in [0.717, 1.165) is 12.0 Å². The molecule has 0 spiro atoms. The number of halogens is 1. The first-order valence-corrected chi connectivity index (χ1v) is 6.87. The summed E-state index contributed by atoms with van der Waals surface area (Å²) >= 11 is 5.88. The molecule has 0 fully saturated rings. The number of hydrogen-bond donors (Lipinski definition) is 1. The number of carbonyl (C=O) groups is 1. The van der Waals surface area contributed by atoms with Gasteiger partial charge in [-0.2, -0.15) is 0 Å². The van der Waals surface area contributed by atoms with Gasteiger partial charge in [0.05, 0.1) is 6.20 Å². The molecule has 0 aliphatic heterocycles. The summed E-state index contributed by atoms with van der Waals surface area (Å²) in [4.78, 5) is 15.4. The van der Waals surface area contributed by atoms with Crippen LogP contribution in [0.4, 0.5) is 0 Å². The van der Waals surface area contributed by atoms with Crippen molar-refractivity contribution in [3.8, 4) is 0 Å².